The summed E-state index contributed by atoms with van der Waals surface area (Å²) in [5, 5.41) is 9.09. The number of anilines is 1. The molecular weight excluding hydrogens is 336 g/mol. The van der Waals surface area contributed by atoms with Gasteiger partial charge in [0, 0.05) is 19.5 Å². The fraction of sp³-hybridized carbons (Fsp3) is 0.278. The lowest BCUT2D eigenvalue weighted by Crippen LogP contribution is -2.26. The Morgan fingerprint density at radius 2 is 2.12 bits per heavy atom. The van der Waals surface area contributed by atoms with Crippen LogP contribution in [-0.4, -0.2) is 36.2 Å². The Hall–Kier alpha value is -2.51. The summed E-state index contributed by atoms with van der Waals surface area (Å²) in [7, 11) is 3.65. The number of hydrogen-bond acceptors (Lipinski definition) is 6. The average Bonchev–Trinajstić information content (AvgIpc) is 3.32. The Morgan fingerprint density at radius 1 is 1.32 bits per heavy atom. The molecule has 0 radical (unpaired) electrons. The van der Waals surface area contributed by atoms with Crippen LogP contribution in [0.4, 0.5) is 5.69 Å². The first-order valence-electron chi connectivity index (χ1n) is 8.01. The first-order chi connectivity index (χ1) is 12.1. The van der Waals surface area contributed by atoms with Gasteiger partial charge in [-0.1, -0.05) is 23.4 Å². The number of likely N-dealkylation sites (N-methyl/N-ethyl adjacent to an activating group) is 1. The average molecular weight is 356 g/mol. The zero-order valence-electron chi connectivity index (χ0n) is 14.4. The van der Waals surface area contributed by atoms with E-state index >= 15 is 0 Å². The van der Waals surface area contributed by atoms with Crippen molar-refractivity contribution < 1.29 is 9.32 Å². The van der Waals surface area contributed by atoms with E-state index in [0.717, 1.165) is 11.3 Å². The zero-order valence-corrected chi connectivity index (χ0v) is 15.2. The Balaban J connectivity index is 1.90. The van der Waals surface area contributed by atoms with Crippen molar-refractivity contribution >= 4 is 22.9 Å². The SMILES string of the molecule is CNC(C)Cc1noc(-c2ccccc2N(C)C(=O)c2cccs2)n1. The molecule has 25 heavy (non-hydrogen) atoms. The van der Waals surface area contributed by atoms with E-state index < -0.39 is 0 Å². The first-order valence-corrected chi connectivity index (χ1v) is 8.89. The topological polar surface area (TPSA) is 71.3 Å². The van der Waals surface area contributed by atoms with Crippen LogP contribution in [0.25, 0.3) is 11.5 Å². The van der Waals surface area contributed by atoms with Crippen molar-refractivity contribution in [3.05, 3.63) is 52.5 Å². The molecule has 0 fully saturated rings. The monoisotopic (exact) mass is 356 g/mol. The van der Waals surface area contributed by atoms with E-state index in [1.807, 2.05) is 48.8 Å². The molecule has 0 aliphatic heterocycles. The van der Waals surface area contributed by atoms with Gasteiger partial charge in [0.25, 0.3) is 11.8 Å². The van der Waals surface area contributed by atoms with Gasteiger partial charge >= 0.3 is 0 Å². The number of rotatable bonds is 6. The van der Waals surface area contributed by atoms with Crippen molar-refractivity contribution in [2.75, 3.05) is 19.0 Å². The second kappa shape index (κ2) is 7.58. The van der Waals surface area contributed by atoms with Gasteiger partial charge in [-0.2, -0.15) is 4.98 Å². The van der Waals surface area contributed by atoms with E-state index in [2.05, 4.69) is 22.4 Å². The zero-order chi connectivity index (χ0) is 17.8. The maximum Gasteiger partial charge on any atom is 0.268 e. The van der Waals surface area contributed by atoms with Crippen LogP contribution in [0, 0.1) is 0 Å². The molecule has 2 heterocycles. The fourth-order valence-corrected chi connectivity index (χ4v) is 3.14. The lowest BCUT2D eigenvalue weighted by atomic mass is 10.1. The minimum Gasteiger partial charge on any atom is -0.334 e. The third kappa shape index (κ3) is 3.78. The van der Waals surface area contributed by atoms with Gasteiger partial charge in [0.05, 0.1) is 16.1 Å². The molecule has 2 aromatic heterocycles. The predicted octanol–water partition coefficient (Wildman–Crippen LogP) is 3.23. The Kier molecular flexibility index (Phi) is 5.25. The van der Waals surface area contributed by atoms with Crippen LogP contribution in [0.15, 0.2) is 46.3 Å². The lowest BCUT2D eigenvalue weighted by molar-refractivity contribution is 0.0997. The number of aromatic nitrogens is 2. The summed E-state index contributed by atoms with van der Waals surface area (Å²) in [6.07, 6.45) is 0.673. The summed E-state index contributed by atoms with van der Waals surface area (Å²) >= 11 is 1.42. The summed E-state index contributed by atoms with van der Waals surface area (Å²) in [5.74, 6) is 0.990. The minimum absolute atomic E-state index is 0.0639. The van der Waals surface area contributed by atoms with Crippen LogP contribution in [0.5, 0.6) is 0 Å². The van der Waals surface area contributed by atoms with Gasteiger partial charge in [-0.3, -0.25) is 4.79 Å². The van der Waals surface area contributed by atoms with Crippen molar-refractivity contribution in [3.8, 4) is 11.5 Å². The van der Waals surface area contributed by atoms with Gasteiger partial charge in [-0.05, 0) is 37.6 Å². The molecule has 0 saturated carbocycles. The van der Waals surface area contributed by atoms with Crippen molar-refractivity contribution in [1.29, 1.82) is 0 Å². The normalized spacial score (nSPS) is 12.1. The highest BCUT2D eigenvalue weighted by molar-refractivity contribution is 7.12. The number of para-hydroxylation sites is 1. The summed E-state index contributed by atoms with van der Waals surface area (Å²) in [6, 6.07) is 11.5. The quantitative estimate of drug-likeness (QED) is 0.734. The van der Waals surface area contributed by atoms with E-state index in [4.69, 9.17) is 4.52 Å². The van der Waals surface area contributed by atoms with E-state index in [0.29, 0.717) is 23.0 Å². The Labute approximate surface area is 150 Å². The molecule has 0 saturated heterocycles. The molecule has 1 atom stereocenters. The highest BCUT2D eigenvalue weighted by Gasteiger charge is 2.20. The number of amides is 1. The minimum atomic E-state index is -0.0639. The molecule has 3 rings (SSSR count). The van der Waals surface area contributed by atoms with Gasteiger partial charge in [-0.25, -0.2) is 0 Å². The van der Waals surface area contributed by atoms with Crippen molar-refractivity contribution in [2.24, 2.45) is 0 Å². The Morgan fingerprint density at radius 3 is 2.84 bits per heavy atom. The summed E-state index contributed by atoms with van der Waals surface area (Å²) in [5.41, 5.74) is 1.48. The molecule has 1 aromatic carbocycles. The maximum absolute atomic E-state index is 12.6. The van der Waals surface area contributed by atoms with Crippen LogP contribution in [0.3, 0.4) is 0 Å². The lowest BCUT2D eigenvalue weighted by Gasteiger charge is -2.18. The van der Waals surface area contributed by atoms with Crippen LogP contribution in [-0.2, 0) is 6.42 Å². The molecule has 0 spiro atoms. The molecular formula is C18H20N4O2S. The number of carbonyl (C=O) groups is 1. The molecule has 0 aliphatic rings. The third-order valence-corrected chi connectivity index (χ3v) is 4.84. The molecule has 3 aromatic rings. The molecule has 1 unspecified atom stereocenters. The number of nitrogens with one attached hydrogen (secondary N) is 1. The summed E-state index contributed by atoms with van der Waals surface area (Å²) < 4.78 is 5.43. The number of nitrogens with zero attached hydrogens (tertiary/aromatic N) is 3. The van der Waals surface area contributed by atoms with Crippen LogP contribution >= 0.6 is 11.3 Å². The summed E-state index contributed by atoms with van der Waals surface area (Å²) in [4.78, 5) is 19.4. The predicted molar refractivity (Wildman–Crippen MR) is 99.0 cm³/mol. The van der Waals surface area contributed by atoms with E-state index in [1.54, 1.807) is 11.9 Å². The third-order valence-electron chi connectivity index (χ3n) is 3.98. The van der Waals surface area contributed by atoms with E-state index in [-0.39, 0.29) is 11.9 Å². The smallest absolute Gasteiger partial charge is 0.268 e. The summed E-state index contributed by atoms with van der Waals surface area (Å²) in [6.45, 7) is 2.05. The highest BCUT2D eigenvalue weighted by atomic mass is 32.1. The molecule has 6 nitrogen and oxygen atoms in total. The number of benzene rings is 1. The van der Waals surface area contributed by atoms with Crippen molar-refractivity contribution in [2.45, 2.75) is 19.4 Å². The molecule has 1 amide bonds. The van der Waals surface area contributed by atoms with Gasteiger partial charge in [0.1, 0.15) is 0 Å². The number of hydrogen-bond donors (Lipinski definition) is 1. The van der Waals surface area contributed by atoms with Crippen LogP contribution in [0.2, 0.25) is 0 Å². The standard InChI is InChI=1S/C18H20N4O2S/c1-12(19-2)11-16-20-17(24-21-16)13-7-4-5-8-14(13)22(3)18(23)15-9-6-10-25-15/h4-10,12,19H,11H2,1-3H3. The number of carbonyl (C=O) groups excluding carboxylic acids is 1. The maximum atomic E-state index is 12.6. The number of thiophene rings is 1. The van der Waals surface area contributed by atoms with Crippen LogP contribution < -0.4 is 10.2 Å². The first kappa shape index (κ1) is 17.3. The second-order valence-corrected chi connectivity index (χ2v) is 6.72. The van der Waals surface area contributed by atoms with Crippen molar-refractivity contribution in [1.82, 2.24) is 15.5 Å². The highest BCUT2D eigenvalue weighted by Crippen LogP contribution is 2.30. The van der Waals surface area contributed by atoms with Gasteiger partial charge in [0.15, 0.2) is 5.82 Å². The van der Waals surface area contributed by atoms with Gasteiger partial charge < -0.3 is 14.7 Å². The molecule has 7 heteroatoms. The molecule has 130 valence electrons. The largest absolute Gasteiger partial charge is 0.334 e. The van der Waals surface area contributed by atoms with E-state index in [1.165, 1.54) is 11.3 Å². The fourth-order valence-electron chi connectivity index (χ4n) is 2.44. The Bertz CT molecular complexity index is 844. The molecule has 0 aliphatic carbocycles. The van der Waals surface area contributed by atoms with Crippen molar-refractivity contribution in [3.63, 3.8) is 0 Å². The molecule has 0 bridgehead atoms. The van der Waals surface area contributed by atoms with E-state index in [9.17, 15) is 4.79 Å². The van der Waals surface area contributed by atoms with Gasteiger partial charge in [0.2, 0.25) is 0 Å². The van der Waals surface area contributed by atoms with Gasteiger partial charge in [-0.15, -0.1) is 11.3 Å². The second-order valence-electron chi connectivity index (χ2n) is 5.77. The van der Waals surface area contributed by atoms with Crippen LogP contribution in [0.1, 0.15) is 22.4 Å². The molecule has 1 N–H and O–H groups in total.